The van der Waals surface area contributed by atoms with Gasteiger partial charge in [0.2, 0.25) is 0 Å². The normalized spacial score (nSPS) is 12.6. The number of hydrogen-bond donors (Lipinski definition) is 2. The van der Waals surface area contributed by atoms with E-state index in [4.69, 9.17) is 0 Å². The number of carbonyl (C=O) groups excluding carboxylic acids is 1. The van der Waals surface area contributed by atoms with Crippen molar-refractivity contribution in [2.24, 2.45) is 7.05 Å². The Balaban J connectivity index is 1.41. The number of aromatic nitrogens is 2. The van der Waals surface area contributed by atoms with Crippen LogP contribution in [-0.2, 0) is 26.4 Å². The van der Waals surface area contributed by atoms with E-state index in [-0.39, 0.29) is 5.91 Å². The first kappa shape index (κ1) is 18.6. The van der Waals surface area contributed by atoms with Crippen molar-refractivity contribution < 1.29 is 4.79 Å². The molecule has 1 aliphatic rings. The number of carbonyl (C=O) groups is 1. The molecule has 0 saturated carbocycles. The van der Waals surface area contributed by atoms with Crippen molar-refractivity contribution in [1.82, 2.24) is 15.1 Å². The Morgan fingerprint density at radius 3 is 2.86 bits per heavy atom. The first-order valence-corrected chi connectivity index (χ1v) is 10.3. The van der Waals surface area contributed by atoms with E-state index >= 15 is 0 Å². The standard InChI is InChI=1S/C22H24N4OS/c1-15-6-7-19(22(27)23-12-16-13-24-26(2)14-16)11-21(15)25-28-20-9-8-17-4-3-5-18(17)10-20/h6-11,13-14,25H,3-5,12H2,1-2H3,(H,23,27). The van der Waals surface area contributed by atoms with E-state index in [0.717, 1.165) is 16.8 Å². The van der Waals surface area contributed by atoms with E-state index < -0.39 is 0 Å². The van der Waals surface area contributed by atoms with Gasteiger partial charge >= 0.3 is 0 Å². The van der Waals surface area contributed by atoms with Crippen LogP contribution in [0.15, 0.2) is 53.7 Å². The highest BCUT2D eigenvalue weighted by atomic mass is 32.2. The maximum atomic E-state index is 12.5. The molecule has 144 valence electrons. The first-order valence-electron chi connectivity index (χ1n) is 9.49. The van der Waals surface area contributed by atoms with Gasteiger partial charge in [-0.1, -0.05) is 12.1 Å². The molecule has 0 saturated heterocycles. The fraction of sp³-hybridized carbons (Fsp3) is 0.273. The van der Waals surface area contributed by atoms with Crippen LogP contribution in [0.2, 0.25) is 0 Å². The third-order valence-electron chi connectivity index (χ3n) is 5.06. The quantitative estimate of drug-likeness (QED) is 0.615. The average Bonchev–Trinajstić information content (AvgIpc) is 3.33. The van der Waals surface area contributed by atoms with Crippen LogP contribution in [0.1, 0.15) is 39.0 Å². The second kappa shape index (κ2) is 8.10. The van der Waals surface area contributed by atoms with Crippen LogP contribution >= 0.6 is 11.9 Å². The molecule has 1 aliphatic carbocycles. The zero-order chi connectivity index (χ0) is 19.5. The molecule has 5 nitrogen and oxygen atoms in total. The Morgan fingerprint density at radius 2 is 2.04 bits per heavy atom. The molecule has 0 aliphatic heterocycles. The van der Waals surface area contributed by atoms with Crippen LogP contribution in [0.3, 0.4) is 0 Å². The SMILES string of the molecule is Cc1ccc(C(=O)NCc2cnn(C)c2)cc1NSc1ccc2c(c1)CCC2. The van der Waals surface area contributed by atoms with Crippen molar-refractivity contribution in [2.75, 3.05) is 4.72 Å². The second-order valence-electron chi connectivity index (χ2n) is 7.22. The molecule has 0 fully saturated rings. The summed E-state index contributed by atoms with van der Waals surface area (Å²) in [5.74, 6) is -0.0885. The maximum absolute atomic E-state index is 12.5. The largest absolute Gasteiger partial charge is 0.348 e. The number of anilines is 1. The summed E-state index contributed by atoms with van der Waals surface area (Å²) >= 11 is 1.59. The monoisotopic (exact) mass is 392 g/mol. The summed E-state index contributed by atoms with van der Waals surface area (Å²) < 4.78 is 5.14. The van der Waals surface area contributed by atoms with Gasteiger partial charge in [-0.05, 0) is 79.1 Å². The minimum absolute atomic E-state index is 0.0885. The molecule has 0 unspecified atom stereocenters. The number of nitrogens with one attached hydrogen (secondary N) is 2. The number of fused-ring (bicyclic) bond motifs is 1. The first-order chi connectivity index (χ1) is 13.6. The molecule has 0 spiro atoms. The van der Waals surface area contributed by atoms with E-state index in [2.05, 4.69) is 33.3 Å². The van der Waals surface area contributed by atoms with Gasteiger partial charge in [0.1, 0.15) is 0 Å². The molecule has 6 heteroatoms. The lowest BCUT2D eigenvalue weighted by Gasteiger charge is -2.12. The number of nitrogens with zero attached hydrogens (tertiary/aromatic N) is 2. The summed E-state index contributed by atoms with van der Waals surface area (Å²) in [5.41, 5.74) is 6.64. The molecule has 28 heavy (non-hydrogen) atoms. The van der Waals surface area contributed by atoms with E-state index in [0.29, 0.717) is 12.1 Å². The Hall–Kier alpha value is -2.73. The highest BCUT2D eigenvalue weighted by Gasteiger charge is 2.12. The summed E-state index contributed by atoms with van der Waals surface area (Å²) in [7, 11) is 1.86. The highest BCUT2D eigenvalue weighted by Crippen LogP contribution is 2.29. The molecule has 0 atom stereocenters. The van der Waals surface area contributed by atoms with Gasteiger partial charge in [-0.15, -0.1) is 0 Å². The molecule has 1 amide bonds. The van der Waals surface area contributed by atoms with Crippen LogP contribution in [0.4, 0.5) is 5.69 Å². The van der Waals surface area contributed by atoms with E-state index in [1.807, 2.05) is 38.4 Å². The number of amides is 1. The van der Waals surface area contributed by atoms with Gasteiger partial charge in [-0.25, -0.2) is 0 Å². The average molecular weight is 393 g/mol. The zero-order valence-electron chi connectivity index (χ0n) is 16.2. The molecular formula is C22H24N4OS. The van der Waals surface area contributed by atoms with Crippen molar-refractivity contribution in [3.05, 3.63) is 76.6 Å². The van der Waals surface area contributed by atoms with Crippen LogP contribution in [-0.4, -0.2) is 15.7 Å². The lowest BCUT2D eigenvalue weighted by molar-refractivity contribution is 0.0951. The van der Waals surface area contributed by atoms with Gasteiger partial charge in [0.15, 0.2) is 0 Å². The molecule has 0 radical (unpaired) electrons. The third kappa shape index (κ3) is 4.22. The fourth-order valence-electron chi connectivity index (χ4n) is 3.45. The van der Waals surface area contributed by atoms with Crippen LogP contribution < -0.4 is 10.0 Å². The van der Waals surface area contributed by atoms with E-state index in [1.165, 1.54) is 35.3 Å². The van der Waals surface area contributed by atoms with Crippen LogP contribution in [0.25, 0.3) is 0 Å². The van der Waals surface area contributed by atoms with E-state index in [1.54, 1.807) is 22.8 Å². The predicted octanol–water partition coefficient (Wildman–Crippen LogP) is 4.27. The molecule has 0 bridgehead atoms. The van der Waals surface area contributed by atoms with Gasteiger partial charge in [0, 0.05) is 41.5 Å². The van der Waals surface area contributed by atoms with Gasteiger partial charge in [0.25, 0.3) is 5.91 Å². The van der Waals surface area contributed by atoms with Crippen molar-refractivity contribution in [2.45, 2.75) is 37.6 Å². The number of benzene rings is 2. The fourth-order valence-corrected chi connectivity index (χ4v) is 4.23. The Labute approximate surface area is 169 Å². The summed E-state index contributed by atoms with van der Waals surface area (Å²) in [4.78, 5) is 13.7. The van der Waals surface area contributed by atoms with Gasteiger partial charge in [-0.2, -0.15) is 5.10 Å². The predicted molar refractivity (Wildman–Crippen MR) is 114 cm³/mol. The third-order valence-corrected chi connectivity index (χ3v) is 5.87. The van der Waals surface area contributed by atoms with Gasteiger partial charge in [-0.3, -0.25) is 9.48 Å². The molecule has 3 aromatic rings. The summed E-state index contributed by atoms with van der Waals surface area (Å²) in [6.45, 7) is 2.51. The van der Waals surface area contributed by atoms with Crippen molar-refractivity contribution in [3.8, 4) is 0 Å². The summed E-state index contributed by atoms with van der Waals surface area (Å²) in [6.07, 6.45) is 7.29. The summed E-state index contributed by atoms with van der Waals surface area (Å²) in [5, 5.41) is 7.07. The number of aryl methyl sites for hydroxylation is 4. The Bertz CT molecular complexity index is 1010. The zero-order valence-corrected chi connectivity index (χ0v) is 17.0. The van der Waals surface area contributed by atoms with Crippen molar-refractivity contribution in [1.29, 1.82) is 0 Å². The van der Waals surface area contributed by atoms with Gasteiger partial charge in [0.05, 0.1) is 6.20 Å². The summed E-state index contributed by atoms with van der Waals surface area (Å²) in [6, 6.07) is 12.4. The molecular weight excluding hydrogens is 368 g/mol. The second-order valence-corrected chi connectivity index (χ2v) is 8.10. The van der Waals surface area contributed by atoms with Gasteiger partial charge < -0.3 is 10.0 Å². The van der Waals surface area contributed by atoms with Crippen LogP contribution in [0.5, 0.6) is 0 Å². The maximum Gasteiger partial charge on any atom is 0.251 e. The van der Waals surface area contributed by atoms with Crippen molar-refractivity contribution >= 4 is 23.5 Å². The van der Waals surface area contributed by atoms with Crippen LogP contribution in [0, 0.1) is 6.92 Å². The minimum atomic E-state index is -0.0885. The van der Waals surface area contributed by atoms with Crippen molar-refractivity contribution in [3.63, 3.8) is 0 Å². The van der Waals surface area contributed by atoms with E-state index in [9.17, 15) is 4.79 Å². The molecule has 1 aromatic heterocycles. The molecule has 4 rings (SSSR count). The smallest absolute Gasteiger partial charge is 0.251 e. The Morgan fingerprint density at radius 1 is 1.18 bits per heavy atom. The number of rotatable bonds is 6. The Kier molecular flexibility index (Phi) is 5.39. The topological polar surface area (TPSA) is 59.0 Å². The lowest BCUT2D eigenvalue weighted by atomic mass is 10.1. The lowest BCUT2D eigenvalue weighted by Crippen LogP contribution is -2.22. The molecule has 1 heterocycles. The minimum Gasteiger partial charge on any atom is -0.348 e. The highest BCUT2D eigenvalue weighted by molar-refractivity contribution is 8.00. The molecule has 2 aromatic carbocycles. The number of hydrogen-bond acceptors (Lipinski definition) is 4. The molecule has 2 N–H and O–H groups in total.